The Kier molecular flexibility index (Phi) is 6.12. The molecule has 6 heteroatoms. The molecule has 4 rings (SSSR count). The lowest BCUT2D eigenvalue weighted by molar-refractivity contribution is -0.138. The van der Waals surface area contributed by atoms with E-state index >= 15 is 0 Å². The van der Waals surface area contributed by atoms with Gasteiger partial charge in [-0.3, -0.25) is 4.79 Å². The van der Waals surface area contributed by atoms with Gasteiger partial charge in [0.05, 0.1) is 25.2 Å². The van der Waals surface area contributed by atoms with E-state index < -0.39 is 17.7 Å². The summed E-state index contributed by atoms with van der Waals surface area (Å²) in [4.78, 5) is 26.3. The molecular formula is C26H26FNO4. The highest BCUT2D eigenvalue weighted by Crippen LogP contribution is 2.46. The number of dihydropyridines is 1. The fraction of sp³-hybridized carbons (Fsp3) is 0.308. The molecule has 0 saturated carbocycles. The van der Waals surface area contributed by atoms with Crippen molar-refractivity contribution in [2.24, 2.45) is 0 Å². The molecule has 0 fully saturated rings. The number of Topliss-reactive ketones (excluding diaryl/α,β-unsaturated/α-hetero) is 1. The number of nitrogens with one attached hydrogen (secondary N) is 1. The summed E-state index contributed by atoms with van der Waals surface area (Å²) in [6.45, 7) is 3.68. The van der Waals surface area contributed by atoms with E-state index in [1.807, 2.05) is 24.3 Å². The summed E-state index contributed by atoms with van der Waals surface area (Å²) in [5.74, 6) is -1.15. The van der Waals surface area contributed by atoms with Crippen LogP contribution in [0.3, 0.4) is 0 Å². The third kappa shape index (κ3) is 3.93. The molecular weight excluding hydrogens is 409 g/mol. The summed E-state index contributed by atoms with van der Waals surface area (Å²) in [6, 6.07) is 14.0. The van der Waals surface area contributed by atoms with E-state index in [1.165, 1.54) is 6.07 Å². The van der Waals surface area contributed by atoms with Crippen LogP contribution in [0.15, 0.2) is 71.1 Å². The summed E-state index contributed by atoms with van der Waals surface area (Å²) < 4.78 is 25.4. The zero-order valence-electron chi connectivity index (χ0n) is 18.4. The van der Waals surface area contributed by atoms with Gasteiger partial charge in [-0.05, 0) is 49.9 Å². The second kappa shape index (κ2) is 8.99. The summed E-state index contributed by atoms with van der Waals surface area (Å²) >= 11 is 0. The van der Waals surface area contributed by atoms with Crippen LogP contribution < -0.4 is 10.1 Å². The molecule has 1 heterocycles. The molecule has 0 spiro atoms. The van der Waals surface area contributed by atoms with Crippen LogP contribution in [0.4, 0.5) is 4.39 Å². The molecule has 2 aromatic carbocycles. The number of halogens is 1. The minimum Gasteiger partial charge on any atom is -0.497 e. The molecule has 0 saturated heterocycles. The first-order chi connectivity index (χ1) is 15.4. The van der Waals surface area contributed by atoms with Crippen molar-refractivity contribution >= 4 is 11.8 Å². The van der Waals surface area contributed by atoms with Gasteiger partial charge >= 0.3 is 5.97 Å². The smallest absolute Gasteiger partial charge is 0.336 e. The highest BCUT2D eigenvalue weighted by atomic mass is 19.1. The number of ketones is 1. The predicted molar refractivity (Wildman–Crippen MR) is 119 cm³/mol. The average molecular weight is 435 g/mol. The highest BCUT2D eigenvalue weighted by molar-refractivity contribution is 6.04. The molecule has 2 aromatic rings. The minimum atomic E-state index is -0.796. The van der Waals surface area contributed by atoms with E-state index in [-0.39, 0.29) is 30.3 Å². The molecule has 0 radical (unpaired) electrons. The van der Waals surface area contributed by atoms with Crippen LogP contribution in [0.1, 0.15) is 49.7 Å². The molecule has 0 aromatic heterocycles. The fourth-order valence-corrected chi connectivity index (χ4v) is 4.65. The van der Waals surface area contributed by atoms with Gasteiger partial charge in [0.15, 0.2) is 5.78 Å². The minimum absolute atomic E-state index is 0.0159. The van der Waals surface area contributed by atoms with Crippen LogP contribution in [0.5, 0.6) is 5.75 Å². The van der Waals surface area contributed by atoms with E-state index in [2.05, 4.69) is 5.32 Å². The molecule has 1 N–H and O–H groups in total. The van der Waals surface area contributed by atoms with Crippen LogP contribution in [-0.2, 0) is 14.3 Å². The molecule has 0 bridgehead atoms. The van der Waals surface area contributed by atoms with Crippen molar-refractivity contribution in [1.29, 1.82) is 0 Å². The summed E-state index contributed by atoms with van der Waals surface area (Å²) in [5, 5.41) is 3.27. The second-order valence-corrected chi connectivity index (χ2v) is 8.03. The predicted octanol–water partition coefficient (Wildman–Crippen LogP) is 4.76. The van der Waals surface area contributed by atoms with Gasteiger partial charge in [-0.1, -0.05) is 30.3 Å². The van der Waals surface area contributed by atoms with E-state index in [9.17, 15) is 14.0 Å². The third-order valence-corrected chi connectivity index (χ3v) is 6.13. The van der Waals surface area contributed by atoms with Crippen LogP contribution in [-0.4, -0.2) is 25.5 Å². The number of hydrogen-bond donors (Lipinski definition) is 1. The van der Waals surface area contributed by atoms with Gasteiger partial charge in [-0.25, -0.2) is 9.18 Å². The van der Waals surface area contributed by atoms with Gasteiger partial charge in [0.25, 0.3) is 0 Å². The van der Waals surface area contributed by atoms with Gasteiger partial charge < -0.3 is 14.8 Å². The molecule has 166 valence electrons. The van der Waals surface area contributed by atoms with Crippen LogP contribution in [0.2, 0.25) is 0 Å². The lowest BCUT2D eigenvalue weighted by atomic mass is 9.71. The topological polar surface area (TPSA) is 64.6 Å². The maximum absolute atomic E-state index is 14.9. The Morgan fingerprint density at radius 1 is 1.12 bits per heavy atom. The van der Waals surface area contributed by atoms with Crippen molar-refractivity contribution in [1.82, 2.24) is 5.32 Å². The SMILES string of the molecule is CCOC(=O)C1=C(C)NC2=C(C(=O)C[C@@H](c3ccc(OC)cc3)C2)[C@@H]1c1ccccc1F. The van der Waals surface area contributed by atoms with E-state index in [4.69, 9.17) is 9.47 Å². The number of methoxy groups -OCH3 is 1. The van der Waals surface area contributed by atoms with Crippen molar-refractivity contribution in [3.05, 3.63) is 88.0 Å². The van der Waals surface area contributed by atoms with Crippen LogP contribution in [0.25, 0.3) is 0 Å². The van der Waals surface area contributed by atoms with E-state index in [0.29, 0.717) is 23.3 Å². The van der Waals surface area contributed by atoms with Gasteiger partial charge in [0.1, 0.15) is 11.6 Å². The van der Waals surface area contributed by atoms with Gasteiger partial charge in [-0.15, -0.1) is 0 Å². The number of carbonyl (C=O) groups excluding carboxylic acids is 2. The molecule has 1 aliphatic heterocycles. The van der Waals surface area contributed by atoms with Gasteiger partial charge in [0, 0.05) is 29.0 Å². The summed E-state index contributed by atoms with van der Waals surface area (Å²) in [6.07, 6.45) is 0.874. The third-order valence-electron chi connectivity index (χ3n) is 6.13. The fourth-order valence-electron chi connectivity index (χ4n) is 4.65. The second-order valence-electron chi connectivity index (χ2n) is 8.03. The van der Waals surface area contributed by atoms with Gasteiger partial charge in [0.2, 0.25) is 0 Å². The van der Waals surface area contributed by atoms with Crippen molar-refractivity contribution in [3.8, 4) is 5.75 Å². The molecule has 0 amide bonds. The molecule has 5 nitrogen and oxygen atoms in total. The number of carbonyl (C=O) groups is 2. The maximum Gasteiger partial charge on any atom is 0.336 e. The lowest BCUT2D eigenvalue weighted by Crippen LogP contribution is -2.36. The quantitative estimate of drug-likeness (QED) is 0.686. The van der Waals surface area contributed by atoms with Crippen molar-refractivity contribution < 1.29 is 23.5 Å². The molecule has 0 unspecified atom stereocenters. The summed E-state index contributed by atoms with van der Waals surface area (Å²) in [7, 11) is 1.61. The number of benzene rings is 2. The number of allylic oxidation sites excluding steroid dienone is 3. The normalized spacial score (nSPS) is 20.6. The van der Waals surface area contributed by atoms with Crippen LogP contribution >= 0.6 is 0 Å². The Hall–Kier alpha value is -3.41. The Morgan fingerprint density at radius 3 is 2.50 bits per heavy atom. The Bertz CT molecular complexity index is 1120. The number of ether oxygens (including phenoxy) is 2. The molecule has 32 heavy (non-hydrogen) atoms. The largest absolute Gasteiger partial charge is 0.497 e. The average Bonchev–Trinajstić information content (AvgIpc) is 2.78. The maximum atomic E-state index is 14.9. The highest BCUT2D eigenvalue weighted by Gasteiger charge is 2.42. The van der Waals surface area contributed by atoms with Crippen molar-refractivity contribution in [3.63, 3.8) is 0 Å². The summed E-state index contributed by atoms with van der Waals surface area (Å²) in [5.41, 5.74) is 3.40. The first-order valence-corrected chi connectivity index (χ1v) is 10.7. The Balaban J connectivity index is 1.78. The standard InChI is InChI=1S/C26H26FNO4/c1-4-32-26(30)23-15(2)28-21-13-17(16-9-11-18(31-3)12-10-16)14-22(29)25(21)24(23)19-7-5-6-8-20(19)27/h5-12,17,24,28H,4,13-14H2,1-3H3/t17-,24+/m0/s1. The molecule has 2 aliphatic rings. The Morgan fingerprint density at radius 2 is 1.84 bits per heavy atom. The van der Waals surface area contributed by atoms with Crippen molar-refractivity contribution in [2.45, 2.75) is 38.5 Å². The van der Waals surface area contributed by atoms with E-state index in [0.717, 1.165) is 17.0 Å². The van der Waals surface area contributed by atoms with Gasteiger partial charge in [-0.2, -0.15) is 0 Å². The lowest BCUT2D eigenvalue weighted by Gasteiger charge is -2.36. The monoisotopic (exact) mass is 435 g/mol. The van der Waals surface area contributed by atoms with Crippen molar-refractivity contribution in [2.75, 3.05) is 13.7 Å². The number of esters is 1. The first kappa shape index (κ1) is 21.8. The zero-order chi connectivity index (χ0) is 22.8. The molecule has 1 aliphatic carbocycles. The zero-order valence-corrected chi connectivity index (χ0v) is 18.4. The van der Waals surface area contributed by atoms with Crippen LogP contribution in [0, 0.1) is 5.82 Å². The van der Waals surface area contributed by atoms with E-state index in [1.54, 1.807) is 39.2 Å². The number of rotatable bonds is 5. The first-order valence-electron chi connectivity index (χ1n) is 10.7. The Labute approximate surface area is 186 Å². The number of hydrogen-bond acceptors (Lipinski definition) is 5. The molecule has 2 atom stereocenters.